The molecule has 0 heterocycles. The van der Waals surface area contributed by atoms with Crippen molar-refractivity contribution in [1.29, 1.82) is 0 Å². The summed E-state index contributed by atoms with van der Waals surface area (Å²) >= 11 is 3.28. The third-order valence-electron chi connectivity index (χ3n) is 1.58. The molecule has 1 aromatic rings. The van der Waals surface area contributed by atoms with Crippen LogP contribution in [-0.2, 0) is 11.3 Å². The first-order chi connectivity index (χ1) is 6.09. The Kier molecular flexibility index (Phi) is 3.88. The van der Waals surface area contributed by atoms with Crippen LogP contribution >= 0.6 is 15.9 Å². The zero-order chi connectivity index (χ0) is 9.84. The third-order valence-corrected chi connectivity index (χ3v) is 2.07. The predicted octanol–water partition coefficient (Wildman–Crippen LogP) is 3.51. The lowest BCUT2D eigenvalue weighted by atomic mass is 10.2. The molecule has 0 amide bonds. The largest absolute Gasteiger partial charge is 0.374 e. The molecule has 0 fully saturated rings. The van der Waals surface area contributed by atoms with Gasteiger partial charge in [-0.1, -0.05) is 15.9 Å². The van der Waals surface area contributed by atoms with Gasteiger partial charge in [0.25, 0.3) is 0 Å². The van der Waals surface area contributed by atoms with E-state index in [1.54, 1.807) is 12.1 Å². The van der Waals surface area contributed by atoms with Crippen LogP contribution in [0.3, 0.4) is 0 Å². The quantitative estimate of drug-likeness (QED) is 0.794. The van der Waals surface area contributed by atoms with Crippen LogP contribution < -0.4 is 0 Å². The van der Waals surface area contributed by atoms with Crippen LogP contribution in [0.4, 0.5) is 4.39 Å². The van der Waals surface area contributed by atoms with Gasteiger partial charge >= 0.3 is 0 Å². The molecule has 0 N–H and O–H groups in total. The molecule has 0 aromatic heterocycles. The van der Waals surface area contributed by atoms with Gasteiger partial charge in [-0.3, -0.25) is 0 Å². The van der Waals surface area contributed by atoms with E-state index in [0.29, 0.717) is 12.2 Å². The van der Waals surface area contributed by atoms with Crippen molar-refractivity contribution in [3.05, 3.63) is 34.1 Å². The highest BCUT2D eigenvalue weighted by Gasteiger charge is 2.03. The van der Waals surface area contributed by atoms with Crippen molar-refractivity contribution in [3.8, 4) is 0 Å². The van der Waals surface area contributed by atoms with Crippen molar-refractivity contribution in [2.45, 2.75) is 26.6 Å². The summed E-state index contributed by atoms with van der Waals surface area (Å²) in [4.78, 5) is 0. The monoisotopic (exact) mass is 246 g/mol. The molecule has 72 valence electrons. The molecule has 0 spiro atoms. The van der Waals surface area contributed by atoms with Gasteiger partial charge in [-0.05, 0) is 32.0 Å². The van der Waals surface area contributed by atoms with Gasteiger partial charge in [0.2, 0.25) is 0 Å². The van der Waals surface area contributed by atoms with Crippen molar-refractivity contribution >= 4 is 15.9 Å². The van der Waals surface area contributed by atoms with Gasteiger partial charge in [0.05, 0.1) is 12.7 Å². The van der Waals surface area contributed by atoms with Crippen molar-refractivity contribution in [1.82, 2.24) is 0 Å². The molecule has 0 bridgehead atoms. The second-order valence-electron chi connectivity index (χ2n) is 3.10. The van der Waals surface area contributed by atoms with Crippen molar-refractivity contribution in [3.63, 3.8) is 0 Å². The summed E-state index contributed by atoms with van der Waals surface area (Å²) in [5.74, 6) is -0.219. The summed E-state index contributed by atoms with van der Waals surface area (Å²) in [6.45, 7) is 4.18. The molecule has 0 saturated heterocycles. The maximum Gasteiger partial charge on any atom is 0.128 e. The van der Waals surface area contributed by atoms with Gasteiger partial charge in [0.1, 0.15) is 5.82 Å². The fourth-order valence-corrected chi connectivity index (χ4v) is 1.32. The van der Waals surface area contributed by atoms with Crippen molar-refractivity contribution in [2.75, 3.05) is 0 Å². The van der Waals surface area contributed by atoms with Gasteiger partial charge in [-0.25, -0.2) is 4.39 Å². The number of halogens is 2. The Morgan fingerprint density at radius 3 is 2.77 bits per heavy atom. The first kappa shape index (κ1) is 10.7. The topological polar surface area (TPSA) is 9.23 Å². The van der Waals surface area contributed by atoms with Crippen LogP contribution in [0.1, 0.15) is 19.4 Å². The molecule has 0 aliphatic carbocycles. The Balaban J connectivity index is 2.70. The summed E-state index contributed by atoms with van der Waals surface area (Å²) in [6.07, 6.45) is 0.124. The number of benzene rings is 1. The first-order valence-corrected chi connectivity index (χ1v) is 4.94. The minimum Gasteiger partial charge on any atom is -0.374 e. The molecule has 0 saturated carbocycles. The minimum atomic E-state index is -0.219. The summed E-state index contributed by atoms with van der Waals surface area (Å²) in [6, 6.07) is 4.84. The summed E-state index contributed by atoms with van der Waals surface area (Å²) < 4.78 is 19.3. The third kappa shape index (κ3) is 3.44. The molecule has 1 rings (SSSR count). The summed E-state index contributed by atoms with van der Waals surface area (Å²) in [5.41, 5.74) is 0.586. The number of hydrogen-bond donors (Lipinski definition) is 0. The molecule has 0 aliphatic heterocycles. The number of ether oxygens (including phenoxy) is 1. The fraction of sp³-hybridized carbons (Fsp3) is 0.400. The lowest BCUT2D eigenvalue weighted by Gasteiger charge is -2.08. The zero-order valence-electron chi connectivity index (χ0n) is 7.68. The molecule has 0 radical (unpaired) electrons. The van der Waals surface area contributed by atoms with Crippen molar-refractivity contribution < 1.29 is 9.13 Å². The fourth-order valence-electron chi connectivity index (χ4n) is 0.910. The van der Waals surface area contributed by atoms with Crippen LogP contribution in [0, 0.1) is 5.82 Å². The lowest BCUT2D eigenvalue weighted by molar-refractivity contribution is 0.0639. The molecular formula is C10H12BrFO. The lowest BCUT2D eigenvalue weighted by Crippen LogP contribution is -2.03. The van der Waals surface area contributed by atoms with E-state index in [2.05, 4.69) is 15.9 Å². The average molecular weight is 247 g/mol. The van der Waals surface area contributed by atoms with E-state index in [9.17, 15) is 4.39 Å². The van der Waals surface area contributed by atoms with Crippen LogP contribution in [0.15, 0.2) is 22.7 Å². The number of hydrogen-bond acceptors (Lipinski definition) is 1. The Morgan fingerprint density at radius 1 is 1.46 bits per heavy atom. The standard InChI is InChI=1S/C10H12BrFO/c1-7(2)13-6-8-5-9(11)3-4-10(8)12/h3-5,7H,6H2,1-2H3. The van der Waals surface area contributed by atoms with Gasteiger partial charge in [-0.15, -0.1) is 0 Å². The number of rotatable bonds is 3. The van der Waals surface area contributed by atoms with E-state index in [1.807, 2.05) is 13.8 Å². The zero-order valence-corrected chi connectivity index (χ0v) is 9.27. The van der Waals surface area contributed by atoms with E-state index < -0.39 is 0 Å². The van der Waals surface area contributed by atoms with E-state index in [-0.39, 0.29) is 11.9 Å². The maximum absolute atomic E-state index is 13.1. The van der Waals surface area contributed by atoms with Crippen LogP contribution in [0.25, 0.3) is 0 Å². The SMILES string of the molecule is CC(C)OCc1cc(Br)ccc1F. The van der Waals surface area contributed by atoms with Crippen molar-refractivity contribution in [2.24, 2.45) is 0 Å². The summed E-state index contributed by atoms with van der Waals surface area (Å²) in [5, 5.41) is 0. The van der Waals surface area contributed by atoms with E-state index in [1.165, 1.54) is 6.07 Å². The van der Waals surface area contributed by atoms with Crippen LogP contribution in [-0.4, -0.2) is 6.10 Å². The first-order valence-electron chi connectivity index (χ1n) is 4.15. The highest BCUT2D eigenvalue weighted by Crippen LogP contribution is 2.16. The second-order valence-corrected chi connectivity index (χ2v) is 4.01. The van der Waals surface area contributed by atoms with Crippen LogP contribution in [0.2, 0.25) is 0 Å². The highest BCUT2D eigenvalue weighted by atomic mass is 79.9. The molecule has 13 heavy (non-hydrogen) atoms. The predicted molar refractivity (Wildman–Crippen MR) is 54.0 cm³/mol. The minimum absolute atomic E-state index is 0.124. The molecule has 0 aliphatic rings. The van der Waals surface area contributed by atoms with Gasteiger partial charge < -0.3 is 4.74 Å². The van der Waals surface area contributed by atoms with E-state index in [4.69, 9.17) is 4.74 Å². The van der Waals surface area contributed by atoms with E-state index in [0.717, 1.165) is 4.47 Å². The average Bonchev–Trinajstić information content (AvgIpc) is 2.06. The smallest absolute Gasteiger partial charge is 0.128 e. The highest BCUT2D eigenvalue weighted by molar-refractivity contribution is 9.10. The Morgan fingerprint density at radius 2 is 2.15 bits per heavy atom. The normalized spacial score (nSPS) is 10.8. The molecule has 1 aromatic carbocycles. The molecule has 3 heteroatoms. The Hall–Kier alpha value is -0.410. The van der Waals surface area contributed by atoms with Gasteiger partial charge in [0.15, 0.2) is 0 Å². The molecular weight excluding hydrogens is 235 g/mol. The molecule has 0 unspecified atom stereocenters. The molecule has 0 atom stereocenters. The Labute approximate surface area is 86.0 Å². The second kappa shape index (κ2) is 4.72. The van der Waals surface area contributed by atoms with Crippen LogP contribution in [0.5, 0.6) is 0 Å². The van der Waals surface area contributed by atoms with Gasteiger partial charge in [-0.2, -0.15) is 0 Å². The Bertz CT molecular complexity index is 286. The van der Waals surface area contributed by atoms with E-state index >= 15 is 0 Å². The molecule has 1 nitrogen and oxygen atoms in total. The maximum atomic E-state index is 13.1. The van der Waals surface area contributed by atoms with Gasteiger partial charge in [0, 0.05) is 10.0 Å². The summed E-state index contributed by atoms with van der Waals surface area (Å²) in [7, 11) is 0.